The number of benzene rings is 1. The van der Waals surface area contributed by atoms with E-state index < -0.39 is 0 Å². The van der Waals surface area contributed by atoms with Gasteiger partial charge in [-0.05, 0) is 18.6 Å². The van der Waals surface area contributed by atoms with Crippen LogP contribution in [0.2, 0.25) is 0 Å². The zero-order valence-corrected chi connectivity index (χ0v) is 9.82. The number of carbonyl (C=O) groups is 1. The Hall–Kier alpha value is -1.51. The Bertz CT molecular complexity index is 412. The van der Waals surface area contributed by atoms with Gasteiger partial charge >= 0.3 is 5.97 Å². The van der Waals surface area contributed by atoms with Gasteiger partial charge in [-0.25, -0.2) is 0 Å². The smallest absolute Gasteiger partial charge is 0.302 e. The SMILES string of the molecule is CC(=O)OCc1cccc2c1C(C)C(C)O2. The largest absolute Gasteiger partial charge is 0.490 e. The van der Waals surface area contributed by atoms with Crippen LogP contribution in [0, 0.1) is 0 Å². The standard InChI is InChI=1S/C13H16O3/c1-8-9(2)16-12-6-4-5-11(13(8)12)7-15-10(3)14/h4-6,8-9H,7H2,1-3H3. The fraction of sp³-hybridized carbons (Fsp3) is 0.462. The van der Waals surface area contributed by atoms with Crippen LogP contribution in [0.25, 0.3) is 0 Å². The van der Waals surface area contributed by atoms with Crippen LogP contribution in [-0.4, -0.2) is 12.1 Å². The van der Waals surface area contributed by atoms with E-state index in [1.807, 2.05) is 18.2 Å². The van der Waals surface area contributed by atoms with Crippen molar-refractivity contribution < 1.29 is 14.3 Å². The summed E-state index contributed by atoms with van der Waals surface area (Å²) in [6, 6.07) is 5.88. The third-order valence-corrected chi connectivity index (χ3v) is 3.06. The van der Waals surface area contributed by atoms with Gasteiger partial charge in [0.05, 0.1) is 0 Å². The summed E-state index contributed by atoms with van der Waals surface area (Å²) in [4.78, 5) is 10.8. The average molecular weight is 220 g/mol. The summed E-state index contributed by atoms with van der Waals surface area (Å²) in [5, 5.41) is 0. The number of esters is 1. The Morgan fingerprint density at radius 1 is 1.44 bits per heavy atom. The quantitative estimate of drug-likeness (QED) is 0.719. The van der Waals surface area contributed by atoms with Crippen molar-refractivity contribution in [2.24, 2.45) is 0 Å². The average Bonchev–Trinajstić information content (AvgIpc) is 2.52. The highest BCUT2D eigenvalue weighted by molar-refractivity contribution is 5.66. The molecule has 86 valence electrons. The molecule has 0 saturated carbocycles. The van der Waals surface area contributed by atoms with Gasteiger partial charge in [0.1, 0.15) is 18.5 Å². The maximum atomic E-state index is 10.8. The maximum Gasteiger partial charge on any atom is 0.302 e. The predicted octanol–water partition coefficient (Wildman–Crippen LogP) is 2.63. The van der Waals surface area contributed by atoms with Gasteiger partial charge < -0.3 is 9.47 Å². The summed E-state index contributed by atoms with van der Waals surface area (Å²) < 4.78 is 10.8. The summed E-state index contributed by atoms with van der Waals surface area (Å²) >= 11 is 0. The molecule has 0 fully saturated rings. The van der Waals surface area contributed by atoms with Gasteiger partial charge in [0, 0.05) is 18.4 Å². The van der Waals surface area contributed by atoms with Crippen molar-refractivity contribution in [3.8, 4) is 5.75 Å². The van der Waals surface area contributed by atoms with E-state index in [-0.39, 0.29) is 12.1 Å². The van der Waals surface area contributed by atoms with Crippen molar-refractivity contribution in [1.82, 2.24) is 0 Å². The van der Waals surface area contributed by atoms with E-state index in [0.717, 1.165) is 11.3 Å². The minimum Gasteiger partial charge on any atom is -0.490 e. The summed E-state index contributed by atoms with van der Waals surface area (Å²) in [7, 11) is 0. The van der Waals surface area contributed by atoms with Crippen LogP contribution >= 0.6 is 0 Å². The van der Waals surface area contributed by atoms with Crippen LogP contribution in [0.3, 0.4) is 0 Å². The third kappa shape index (κ3) is 1.90. The van der Waals surface area contributed by atoms with Gasteiger partial charge in [0.15, 0.2) is 0 Å². The second-order valence-corrected chi connectivity index (χ2v) is 4.22. The summed E-state index contributed by atoms with van der Waals surface area (Å²) in [6.45, 7) is 5.94. The summed E-state index contributed by atoms with van der Waals surface area (Å²) in [6.07, 6.45) is 0.188. The number of ether oxygens (including phenoxy) is 2. The first-order valence-corrected chi connectivity index (χ1v) is 5.51. The first-order valence-electron chi connectivity index (χ1n) is 5.51. The predicted molar refractivity (Wildman–Crippen MR) is 60.4 cm³/mol. The fourth-order valence-electron chi connectivity index (χ4n) is 2.05. The van der Waals surface area contributed by atoms with Crippen molar-refractivity contribution in [3.63, 3.8) is 0 Å². The molecule has 2 rings (SSSR count). The van der Waals surface area contributed by atoms with Crippen LogP contribution < -0.4 is 4.74 Å². The molecular formula is C13H16O3. The normalized spacial score (nSPS) is 22.4. The Morgan fingerprint density at radius 3 is 2.88 bits per heavy atom. The highest BCUT2D eigenvalue weighted by atomic mass is 16.5. The minimum absolute atomic E-state index is 0.188. The molecule has 0 radical (unpaired) electrons. The number of carbonyl (C=O) groups excluding carboxylic acids is 1. The van der Waals surface area contributed by atoms with E-state index in [0.29, 0.717) is 12.5 Å². The van der Waals surface area contributed by atoms with Crippen molar-refractivity contribution in [2.75, 3.05) is 0 Å². The van der Waals surface area contributed by atoms with Crippen LogP contribution in [0.1, 0.15) is 37.8 Å². The molecule has 0 saturated heterocycles. The molecule has 2 unspecified atom stereocenters. The lowest BCUT2D eigenvalue weighted by Gasteiger charge is -2.11. The Balaban J connectivity index is 2.27. The van der Waals surface area contributed by atoms with Gasteiger partial charge in [-0.1, -0.05) is 19.1 Å². The maximum absolute atomic E-state index is 10.8. The van der Waals surface area contributed by atoms with E-state index in [1.165, 1.54) is 12.5 Å². The van der Waals surface area contributed by atoms with Gasteiger partial charge in [0.2, 0.25) is 0 Å². The number of hydrogen-bond donors (Lipinski definition) is 0. The molecule has 16 heavy (non-hydrogen) atoms. The molecule has 1 aliphatic rings. The molecule has 3 nitrogen and oxygen atoms in total. The van der Waals surface area contributed by atoms with Crippen LogP contribution in [-0.2, 0) is 16.1 Å². The molecule has 0 N–H and O–H groups in total. The van der Waals surface area contributed by atoms with E-state index in [4.69, 9.17) is 9.47 Å². The molecule has 0 aliphatic carbocycles. The van der Waals surface area contributed by atoms with E-state index >= 15 is 0 Å². The van der Waals surface area contributed by atoms with E-state index in [1.54, 1.807) is 0 Å². The molecule has 1 aliphatic heterocycles. The number of fused-ring (bicyclic) bond motifs is 1. The molecule has 3 heteroatoms. The second kappa shape index (κ2) is 4.16. The fourth-order valence-corrected chi connectivity index (χ4v) is 2.05. The van der Waals surface area contributed by atoms with Crippen molar-refractivity contribution >= 4 is 5.97 Å². The van der Waals surface area contributed by atoms with Gasteiger partial charge in [-0.3, -0.25) is 4.79 Å². The highest BCUT2D eigenvalue weighted by Gasteiger charge is 2.29. The summed E-state index contributed by atoms with van der Waals surface area (Å²) in [5.74, 6) is 1.02. The second-order valence-electron chi connectivity index (χ2n) is 4.22. The van der Waals surface area contributed by atoms with Gasteiger partial charge in [-0.2, -0.15) is 0 Å². The molecule has 0 bridgehead atoms. The van der Waals surface area contributed by atoms with E-state index in [2.05, 4.69) is 13.8 Å². The molecule has 0 aromatic heterocycles. The lowest BCUT2D eigenvalue weighted by Crippen LogP contribution is -2.11. The lowest BCUT2D eigenvalue weighted by atomic mass is 9.94. The van der Waals surface area contributed by atoms with Crippen molar-refractivity contribution in [1.29, 1.82) is 0 Å². The van der Waals surface area contributed by atoms with E-state index in [9.17, 15) is 4.79 Å². The Kier molecular flexibility index (Phi) is 2.86. The summed E-state index contributed by atoms with van der Waals surface area (Å²) in [5.41, 5.74) is 2.22. The van der Waals surface area contributed by atoms with Crippen LogP contribution in [0.4, 0.5) is 0 Å². The minimum atomic E-state index is -0.253. The Morgan fingerprint density at radius 2 is 2.19 bits per heavy atom. The molecule has 0 spiro atoms. The van der Waals surface area contributed by atoms with Crippen molar-refractivity contribution in [3.05, 3.63) is 29.3 Å². The highest BCUT2D eigenvalue weighted by Crippen LogP contribution is 2.40. The van der Waals surface area contributed by atoms with Gasteiger partial charge in [0.25, 0.3) is 0 Å². The lowest BCUT2D eigenvalue weighted by molar-refractivity contribution is -0.142. The molecule has 1 aromatic rings. The number of hydrogen-bond acceptors (Lipinski definition) is 3. The molecular weight excluding hydrogens is 204 g/mol. The molecule has 2 atom stereocenters. The Labute approximate surface area is 95.4 Å². The topological polar surface area (TPSA) is 35.5 Å². The zero-order valence-electron chi connectivity index (χ0n) is 9.82. The first kappa shape index (κ1) is 11.0. The zero-order chi connectivity index (χ0) is 11.7. The number of rotatable bonds is 2. The van der Waals surface area contributed by atoms with Gasteiger partial charge in [-0.15, -0.1) is 0 Å². The van der Waals surface area contributed by atoms with Crippen molar-refractivity contribution in [2.45, 2.75) is 39.4 Å². The first-order chi connectivity index (χ1) is 7.59. The molecule has 1 aromatic carbocycles. The third-order valence-electron chi connectivity index (χ3n) is 3.06. The monoisotopic (exact) mass is 220 g/mol. The van der Waals surface area contributed by atoms with Crippen LogP contribution in [0.15, 0.2) is 18.2 Å². The van der Waals surface area contributed by atoms with Crippen LogP contribution in [0.5, 0.6) is 5.75 Å². The molecule has 1 heterocycles. The molecule has 0 amide bonds.